The number of hydrogen-bond donors (Lipinski definition) is 0. The van der Waals surface area contributed by atoms with Crippen LogP contribution in [0.4, 0.5) is 4.39 Å². The predicted molar refractivity (Wildman–Crippen MR) is 171 cm³/mol. The Balaban J connectivity index is 1.65. The van der Waals surface area contributed by atoms with Crippen molar-refractivity contribution in [3.63, 3.8) is 0 Å². The van der Waals surface area contributed by atoms with Gasteiger partial charge in [-0.25, -0.2) is 4.39 Å². The summed E-state index contributed by atoms with van der Waals surface area (Å²) in [6, 6.07) is 54.7. The van der Waals surface area contributed by atoms with Crippen LogP contribution in [0.25, 0.3) is 43.8 Å². The van der Waals surface area contributed by atoms with Crippen LogP contribution in [0, 0.1) is 5.82 Å². The average Bonchev–Trinajstić information content (AvgIpc) is 3.02. The van der Waals surface area contributed by atoms with Crippen molar-refractivity contribution in [1.29, 1.82) is 0 Å². The van der Waals surface area contributed by atoms with Gasteiger partial charge in [0.2, 0.25) is 0 Å². The van der Waals surface area contributed by atoms with E-state index in [4.69, 9.17) is 0 Å². The first-order chi connectivity index (χ1) is 19.8. The Hall–Kier alpha value is -4.58. The van der Waals surface area contributed by atoms with Gasteiger partial charge in [0.15, 0.2) is 0 Å². The van der Waals surface area contributed by atoms with E-state index < -0.39 is 7.92 Å². The number of hydrogen-bond acceptors (Lipinski definition) is 0. The molecule has 7 aromatic carbocycles. The van der Waals surface area contributed by atoms with Crippen molar-refractivity contribution in [3.8, 4) is 22.3 Å². The standard InChI is InChI=1S/C38H26FP/c39-30-15-11-14-29(26-30)35-24-22-27-12-7-9-20-33(27)37(35)38-34-21-10-8-13-28(34)23-25-36(38)40(31-16-3-1-4-17-31)32-18-5-2-6-19-32/h1-26H. The summed E-state index contributed by atoms with van der Waals surface area (Å²) < 4.78 is 14.6. The van der Waals surface area contributed by atoms with Crippen LogP contribution in [0.2, 0.25) is 0 Å². The second kappa shape index (κ2) is 10.5. The van der Waals surface area contributed by atoms with E-state index in [2.05, 4.69) is 133 Å². The third kappa shape index (κ3) is 4.39. The van der Waals surface area contributed by atoms with E-state index in [1.54, 1.807) is 12.1 Å². The molecule has 2 heteroatoms. The monoisotopic (exact) mass is 532 g/mol. The molecule has 0 aliphatic heterocycles. The van der Waals surface area contributed by atoms with Gasteiger partial charge in [-0.15, -0.1) is 0 Å². The summed E-state index contributed by atoms with van der Waals surface area (Å²) in [4.78, 5) is 0. The molecule has 0 radical (unpaired) electrons. The first-order valence-corrected chi connectivity index (χ1v) is 14.8. The third-order valence-electron chi connectivity index (χ3n) is 7.49. The van der Waals surface area contributed by atoms with Crippen LogP contribution in [0.1, 0.15) is 0 Å². The summed E-state index contributed by atoms with van der Waals surface area (Å²) >= 11 is 0. The molecule has 0 unspecified atom stereocenters. The zero-order valence-electron chi connectivity index (χ0n) is 21.8. The molecule has 7 aromatic rings. The number of benzene rings is 7. The largest absolute Gasteiger partial charge is 0.207 e. The molecule has 0 bridgehead atoms. The topological polar surface area (TPSA) is 0 Å². The molecule has 0 amide bonds. The van der Waals surface area contributed by atoms with Gasteiger partial charge < -0.3 is 0 Å². The fourth-order valence-electron chi connectivity index (χ4n) is 5.73. The van der Waals surface area contributed by atoms with Crippen molar-refractivity contribution in [2.24, 2.45) is 0 Å². The van der Waals surface area contributed by atoms with Gasteiger partial charge in [0.05, 0.1) is 0 Å². The van der Waals surface area contributed by atoms with Gasteiger partial charge in [0.25, 0.3) is 0 Å². The lowest BCUT2D eigenvalue weighted by Crippen LogP contribution is -2.22. The molecular weight excluding hydrogens is 506 g/mol. The maximum absolute atomic E-state index is 14.6. The zero-order valence-corrected chi connectivity index (χ0v) is 22.7. The minimum atomic E-state index is -0.881. The second-order valence-electron chi connectivity index (χ2n) is 9.91. The van der Waals surface area contributed by atoms with Crippen molar-refractivity contribution < 1.29 is 4.39 Å². The Bertz CT molecular complexity index is 1920. The van der Waals surface area contributed by atoms with Crippen LogP contribution in [0.3, 0.4) is 0 Å². The van der Waals surface area contributed by atoms with E-state index in [0.29, 0.717) is 0 Å². The van der Waals surface area contributed by atoms with Gasteiger partial charge in [-0.2, -0.15) is 0 Å². The van der Waals surface area contributed by atoms with Crippen LogP contribution in [-0.4, -0.2) is 0 Å². The molecule has 0 nitrogen and oxygen atoms in total. The summed E-state index contributed by atoms with van der Waals surface area (Å²) in [5.74, 6) is -0.231. The Morgan fingerprint density at radius 2 is 0.975 bits per heavy atom. The zero-order chi connectivity index (χ0) is 26.9. The lowest BCUT2D eigenvalue weighted by molar-refractivity contribution is 0.628. The van der Waals surface area contributed by atoms with Crippen molar-refractivity contribution in [1.82, 2.24) is 0 Å². The third-order valence-corrected chi connectivity index (χ3v) is 9.97. The Morgan fingerprint density at radius 1 is 0.425 bits per heavy atom. The summed E-state index contributed by atoms with van der Waals surface area (Å²) in [5.41, 5.74) is 4.28. The first kappa shape index (κ1) is 24.5. The highest BCUT2D eigenvalue weighted by Gasteiger charge is 2.24. The van der Waals surface area contributed by atoms with Gasteiger partial charge in [0, 0.05) is 0 Å². The van der Waals surface area contributed by atoms with E-state index in [-0.39, 0.29) is 5.82 Å². The minimum absolute atomic E-state index is 0.231. The molecule has 0 aromatic heterocycles. The molecule has 0 aliphatic carbocycles. The van der Waals surface area contributed by atoms with Crippen LogP contribution in [0.15, 0.2) is 158 Å². The quantitative estimate of drug-likeness (QED) is 0.194. The first-order valence-electron chi connectivity index (χ1n) is 13.5. The van der Waals surface area contributed by atoms with Gasteiger partial charge in [-0.1, -0.05) is 146 Å². The molecule has 0 fully saturated rings. The SMILES string of the molecule is Fc1cccc(-c2ccc3ccccc3c2-c2c(P(c3ccccc3)c3ccccc3)ccc3ccccc23)c1. The Morgan fingerprint density at radius 3 is 1.60 bits per heavy atom. The molecule has 190 valence electrons. The smallest absolute Gasteiger partial charge is 0.123 e. The summed E-state index contributed by atoms with van der Waals surface area (Å²) in [7, 11) is -0.881. The van der Waals surface area contributed by atoms with Crippen LogP contribution < -0.4 is 15.9 Å². The normalized spacial score (nSPS) is 11.3. The highest BCUT2D eigenvalue weighted by Crippen LogP contribution is 2.45. The molecule has 0 saturated carbocycles. The minimum Gasteiger partial charge on any atom is -0.207 e. The Kier molecular flexibility index (Phi) is 6.44. The fourth-order valence-corrected chi connectivity index (χ4v) is 8.20. The molecule has 0 heterocycles. The fraction of sp³-hybridized carbons (Fsp3) is 0. The maximum atomic E-state index is 14.6. The van der Waals surface area contributed by atoms with Gasteiger partial charge in [-0.05, 0) is 79.8 Å². The number of rotatable bonds is 5. The van der Waals surface area contributed by atoms with Crippen molar-refractivity contribution in [2.75, 3.05) is 0 Å². The van der Waals surface area contributed by atoms with E-state index in [0.717, 1.165) is 22.1 Å². The van der Waals surface area contributed by atoms with Crippen molar-refractivity contribution >= 4 is 45.4 Å². The number of fused-ring (bicyclic) bond motifs is 2. The molecule has 40 heavy (non-hydrogen) atoms. The highest BCUT2D eigenvalue weighted by atomic mass is 31.1. The van der Waals surface area contributed by atoms with E-state index >= 15 is 0 Å². The molecular formula is C38H26FP. The highest BCUT2D eigenvalue weighted by molar-refractivity contribution is 7.80. The van der Waals surface area contributed by atoms with Gasteiger partial charge in [-0.3, -0.25) is 0 Å². The lowest BCUT2D eigenvalue weighted by Gasteiger charge is -2.26. The summed E-state index contributed by atoms with van der Waals surface area (Å²) in [5, 5.41) is 8.61. The van der Waals surface area contributed by atoms with Crippen molar-refractivity contribution in [2.45, 2.75) is 0 Å². The van der Waals surface area contributed by atoms with Gasteiger partial charge >= 0.3 is 0 Å². The predicted octanol–water partition coefficient (Wildman–Crippen LogP) is 9.22. The van der Waals surface area contributed by atoms with Crippen LogP contribution in [-0.2, 0) is 0 Å². The molecule has 0 saturated heterocycles. The molecule has 0 aliphatic rings. The Labute approximate surface area is 235 Å². The van der Waals surface area contributed by atoms with E-state index in [1.807, 2.05) is 6.07 Å². The lowest BCUT2D eigenvalue weighted by atomic mass is 9.87. The molecule has 7 rings (SSSR count). The van der Waals surface area contributed by atoms with E-state index in [9.17, 15) is 4.39 Å². The summed E-state index contributed by atoms with van der Waals surface area (Å²) in [6.45, 7) is 0. The molecule has 0 N–H and O–H groups in total. The second-order valence-corrected chi connectivity index (χ2v) is 12.1. The van der Waals surface area contributed by atoms with Gasteiger partial charge in [0.1, 0.15) is 5.82 Å². The van der Waals surface area contributed by atoms with Crippen molar-refractivity contribution in [3.05, 3.63) is 164 Å². The maximum Gasteiger partial charge on any atom is 0.123 e. The average molecular weight is 533 g/mol. The molecule has 0 atom stereocenters. The van der Waals surface area contributed by atoms with E-state index in [1.165, 1.54) is 43.7 Å². The number of halogens is 1. The molecule has 0 spiro atoms. The summed E-state index contributed by atoms with van der Waals surface area (Å²) in [6.07, 6.45) is 0. The van der Waals surface area contributed by atoms with Crippen LogP contribution in [0.5, 0.6) is 0 Å². The van der Waals surface area contributed by atoms with Crippen LogP contribution >= 0.6 is 7.92 Å².